The van der Waals surface area contributed by atoms with Gasteiger partial charge in [-0.05, 0) is 19.1 Å². The molecule has 3 heterocycles. The number of hydrogen-bond acceptors (Lipinski definition) is 7. The topological polar surface area (TPSA) is 87.8 Å². The van der Waals surface area contributed by atoms with Crippen LogP contribution in [0.15, 0.2) is 21.6 Å². The summed E-state index contributed by atoms with van der Waals surface area (Å²) in [7, 11) is 1.79. The largest absolute Gasteiger partial charge is 0.379 e. The second-order valence-corrected chi connectivity index (χ2v) is 8.76. The van der Waals surface area contributed by atoms with Crippen molar-refractivity contribution in [1.82, 2.24) is 25.7 Å². The van der Waals surface area contributed by atoms with Gasteiger partial charge in [0.1, 0.15) is 0 Å². The Morgan fingerprint density at radius 2 is 2.03 bits per heavy atom. The number of guanidine groups is 1. The molecule has 3 rings (SSSR count). The van der Waals surface area contributed by atoms with Gasteiger partial charge >= 0.3 is 0 Å². The Balaban J connectivity index is 0.00000320. The van der Waals surface area contributed by atoms with Crippen molar-refractivity contribution in [3.8, 4) is 0 Å². The molecule has 2 aromatic heterocycles. The number of thiophene rings is 1. The van der Waals surface area contributed by atoms with Crippen molar-refractivity contribution in [3.05, 3.63) is 33.6 Å². The van der Waals surface area contributed by atoms with Gasteiger partial charge < -0.3 is 19.9 Å². The fourth-order valence-electron chi connectivity index (χ4n) is 3.24. The van der Waals surface area contributed by atoms with Crippen molar-refractivity contribution >= 4 is 41.3 Å². The number of halogens is 1. The first-order valence-electron chi connectivity index (χ1n) is 10.2. The average molecular weight is 548 g/mol. The molecule has 1 aliphatic rings. The van der Waals surface area contributed by atoms with Gasteiger partial charge in [-0.3, -0.25) is 9.89 Å². The van der Waals surface area contributed by atoms with Crippen LogP contribution < -0.4 is 10.6 Å². The molecule has 1 fully saturated rings. The third kappa shape index (κ3) is 7.17. The van der Waals surface area contributed by atoms with Crippen LogP contribution in [0.25, 0.3) is 0 Å². The van der Waals surface area contributed by atoms with Gasteiger partial charge in [-0.1, -0.05) is 19.0 Å². The predicted molar refractivity (Wildman–Crippen MR) is 131 cm³/mol. The SMILES string of the molecule is CN=C(NCCc1nc(C(C)C)no1)NCC(c1ccc(C)s1)N1CCOCC1.I. The number of rotatable bonds is 8. The predicted octanol–water partition coefficient (Wildman–Crippen LogP) is 2.96. The smallest absolute Gasteiger partial charge is 0.228 e. The van der Waals surface area contributed by atoms with Crippen LogP contribution in [0.1, 0.15) is 47.3 Å². The molecule has 1 saturated heterocycles. The van der Waals surface area contributed by atoms with Crippen LogP contribution >= 0.6 is 35.3 Å². The van der Waals surface area contributed by atoms with E-state index in [2.05, 4.69) is 63.6 Å². The molecule has 0 aliphatic carbocycles. The summed E-state index contributed by atoms with van der Waals surface area (Å²) in [5.41, 5.74) is 0. The number of aliphatic imine (C=N–C) groups is 1. The Morgan fingerprint density at radius 1 is 1.27 bits per heavy atom. The van der Waals surface area contributed by atoms with E-state index in [1.807, 2.05) is 11.3 Å². The Morgan fingerprint density at radius 3 is 2.63 bits per heavy atom. The number of hydrogen-bond donors (Lipinski definition) is 2. The number of nitrogens with zero attached hydrogens (tertiary/aromatic N) is 4. The molecule has 2 N–H and O–H groups in total. The quantitative estimate of drug-likeness (QED) is 0.298. The number of ether oxygens (including phenoxy) is 1. The number of nitrogens with one attached hydrogen (secondary N) is 2. The lowest BCUT2D eigenvalue weighted by atomic mass is 10.2. The maximum atomic E-state index is 5.53. The van der Waals surface area contributed by atoms with E-state index in [0.717, 1.165) is 44.6 Å². The van der Waals surface area contributed by atoms with Crippen molar-refractivity contribution in [2.45, 2.75) is 39.2 Å². The first-order chi connectivity index (χ1) is 14.1. The van der Waals surface area contributed by atoms with Gasteiger partial charge in [-0.15, -0.1) is 35.3 Å². The third-order valence-electron chi connectivity index (χ3n) is 4.89. The molecule has 2 aromatic rings. The lowest BCUT2D eigenvalue weighted by Crippen LogP contribution is -2.46. The molecule has 1 aliphatic heterocycles. The second-order valence-electron chi connectivity index (χ2n) is 7.44. The molecule has 8 nitrogen and oxygen atoms in total. The van der Waals surface area contributed by atoms with Crippen molar-refractivity contribution in [3.63, 3.8) is 0 Å². The summed E-state index contributed by atoms with van der Waals surface area (Å²) in [5, 5.41) is 10.8. The summed E-state index contributed by atoms with van der Waals surface area (Å²) in [6.45, 7) is 11.2. The van der Waals surface area contributed by atoms with Gasteiger partial charge in [0.15, 0.2) is 11.8 Å². The standard InChI is InChI=1S/C20H32N6O2S.HI/c1-14(2)19-24-18(28-25-19)7-8-22-20(21-4)23-13-16(17-6-5-15(3)29-17)26-9-11-27-12-10-26;/h5-6,14,16H,7-13H2,1-4H3,(H2,21,22,23);1H. The van der Waals surface area contributed by atoms with E-state index in [9.17, 15) is 0 Å². The molecule has 0 amide bonds. The van der Waals surface area contributed by atoms with E-state index < -0.39 is 0 Å². The van der Waals surface area contributed by atoms with Crippen molar-refractivity contribution in [2.24, 2.45) is 4.99 Å². The molecule has 0 radical (unpaired) electrons. The molecular weight excluding hydrogens is 515 g/mol. The Kier molecular flexibility index (Phi) is 10.5. The zero-order valence-corrected chi connectivity index (χ0v) is 21.3. The van der Waals surface area contributed by atoms with Gasteiger partial charge in [0.2, 0.25) is 5.89 Å². The van der Waals surface area contributed by atoms with Gasteiger partial charge in [0.25, 0.3) is 0 Å². The van der Waals surface area contributed by atoms with Gasteiger partial charge in [-0.2, -0.15) is 4.98 Å². The van der Waals surface area contributed by atoms with Crippen molar-refractivity contribution in [2.75, 3.05) is 46.4 Å². The van der Waals surface area contributed by atoms with Crippen LogP contribution in [0.5, 0.6) is 0 Å². The summed E-state index contributed by atoms with van der Waals surface area (Å²) < 4.78 is 10.8. The fourth-order valence-corrected chi connectivity index (χ4v) is 4.25. The average Bonchev–Trinajstić information content (AvgIpc) is 3.37. The van der Waals surface area contributed by atoms with Crippen molar-refractivity contribution in [1.29, 1.82) is 0 Å². The van der Waals surface area contributed by atoms with Crippen LogP contribution in [0.3, 0.4) is 0 Å². The molecule has 0 bridgehead atoms. The zero-order valence-electron chi connectivity index (χ0n) is 18.2. The highest BCUT2D eigenvalue weighted by Crippen LogP contribution is 2.27. The highest BCUT2D eigenvalue weighted by molar-refractivity contribution is 14.0. The highest BCUT2D eigenvalue weighted by Gasteiger charge is 2.24. The van der Waals surface area contributed by atoms with Crippen LogP contribution in [0, 0.1) is 6.92 Å². The third-order valence-corrected chi connectivity index (χ3v) is 6.00. The lowest BCUT2D eigenvalue weighted by molar-refractivity contribution is 0.0177. The minimum atomic E-state index is 0. The molecule has 0 spiro atoms. The molecule has 0 saturated carbocycles. The monoisotopic (exact) mass is 548 g/mol. The van der Waals surface area contributed by atoms with Crippen molar-refractivity contribution < 1.29 is 9.26 Å². The summed E-state index contributed by atoms with van der Waals surface area (Å²) in [6.07, 6.45) is 0.664. The Bertz CT molecular complexity index is 788. The van der Waals surface area contributed by atoms with E-state index in [0.29, 0.717) is 24.9 Å². The van der Waals surface area contributed by atoms with Gasteiger partial charge in [0.05, 0.1) is 19.3 Å². The molecule has 30 heavy (non-hydrogen) atoms. The first kappa shape index (κ1) is 25.0. The van der Waals surface area contributed by atoms with Crippen LogP contribution in [0.4, 0.5) is 0 Å². The summed E-state index contributed by atoms with van der Waals surface area (Å²) in [5.74, 6) is 2.45. The summed E-state index contributed by atoms with van der Waals surface area (Å²) >= 11 is 1.86. The maximum Gasteiger partial charge on any atom is 0.228 e. The molecule has 10 heteroatoms. The Hall–Kier alpha value is -1.24. The van der Waals surface area contributed by atoms with Gasteiger partial charge in [-0.25, -0.2) is 0 Å². The summed E-state index contributed by atoms with van der Waals surface area (Å²) in [4.78, 5) is 14.0. The molecular formula is C20H33IN6O2S. The summed E-state index contributed by atoms with van der Waals surface area (Å²) in [6, 6.07) is 4.73. The number of aryl methyl sites for hydroxylation is 1. The van der Waals surface area contributed by atoms with Crippen LogP contribution in [0.2, 0.25) is 0 Å². The minimum Gasteiger partial charge on any atom is -0.379 e. The van der Waals surface area contributed by atoms with Crippen LogP contribution in [-0.4, -0.2) is 67.4 Å². The first-order valence-corrected chi connectivity index (χ1v) is 11.0. The molecule has 1 atom stereocenters. The lowest BCUT2D eigenvalue weighted by Gasteiger charge is -2.34. The zero-order chi connectivity index (χ0) is 20.6. The van der Waals surface area contributed by atoms with Gasteiger partial charge in [0, 0.05) is 55.3 Å². The fraction of sp³-hybridized carbons (Fsp3) is 0.650. The van der Waals surface area contributed by atoms with E-state index in [1.54, 1.807) is 7.05 Å². The molecule has 1 unspecified atom stereocenters. The van der Waals surface area contributed by atoms with E-state index in [1.165, 1.54) is 9.75 Å². The number of morpholine rings is 1. The minimum absolute atomic E-state index is 0. The Labute approximate surface area is 199 Å². The molecule has 168 valence electrons. The van der Waals surface area contributed by atoms with Crippen LogP contribution in [-0.2, 0) is 11.2 Å². The maximum absolute atomic E-state index is 5.53. The van der Waals surface area contributed by atoms with E-state index in [4.69, 9.17) is 9.26 Å². The molecule has 0 aromatic carbocycles. The van der Waals surface area contributed by atoms with E-state index in [-0.39, 0.29) is 29.9 Å². The normalized spacial score (nSPS) is 16.4. The van der Waals surface area contributed by atoms with E-state index >= 15 is 0 Å². The highest BCUT2D eigenvalue weighted by atomic mass is 127. The second kappa shape index (κ2) is 12.6. The number of aromatic nitrogens is 2.